The summed E-state index contributed by atoms with van der Waals surface area (Å²) in [5, 5.41) is 9.08. The molecule has 6 heteroatoms. The fourth-order valence-electron chi connectivity index (χ4n) is 1.53. The minimum absolute atomic E-state index is 0.103. The maximum atomic E-state index is 13.8. The third-order valence-corrected chi connectivity index (χ3v) is 2.54. The molecule has 1 aromatic rings. The lowest BCUT2D eigenvalue weighted by Gasteiger charge is -2.23. The molecule has 0 heterocycles. The average Bonchev–Trinajstić information content (AvgIpc) is 2.13. The number of anilines is 3. The molecular formula is C10H15ClFN3O. The van der Waals surface area contributed by atoms with E-state index in [1.54, 1.807) is 14.0 Å². The summed E-state index contributed by atoms with van der Waals surface area (Å²) in [6, 6.07) is 1.40. The predicted octanol–water partition coefficient (Wildman–Crippen LogP) is 1.46. The predicted molar refractivity (Wildman–Crippen MR) is 65.2 cm³/mol. The summed E-state index contributed by atoms with van der Waals surface area (Å²) >= 11 is 5.69. The second-order valence-corrected chi connectivity index (χ2v) is 4.14. The van der Waals surface area contributed by atoms with Crippen LogP contribution < -0.4 is 16.4 Å². The fourth-order valence-corrected chi connectivity index (χ4v) is 1.68. The highest BCUT2D eigenvalue weighted by atomic mass is 35.5. The minimum atomic E-state index is -0.665. The number of nitrogen functional groups attached to an aromatic ring is 2. The molecule has 0 saturated carbocycles. The molecule has 0 aromatic heterocycles. The lowest BCUT2D eigenvalue weighted by molar-refractivity contribution is 0.201. The first-order valence-electron chi connectivity index (χ1n) is 4.76. The molecular weight excluding hydrogens is 233 g/mol. The first-order valence-corrected chi connectivity index (χ1v) is 5.14. The molecule has 0 aliphatic carbocycles. The van der Waals surface area contributed by atoms with E-state index in [4.69, 9.17) is 23.1 Å². The molecule has 0 aliphatic heterocycles. The maximum Gasteiger partial charge on any atom is 0.169 e. The summed E-state index contributed by atoms with van der Waals surface area (Å²) in [5.74, 6) is -0.665. The molecule has 90 valence electrons. The van der Waals surface area contributed by atoms with Gasteiger partial charge in [-0.3, -0.25) is 0 Å². The van der Waals surface area contributed by atoms with Crippen molar-refractivity contribution in [3.8, 4) is 0 Å². The molecule has 0 fully saturated rings. The van der Waals surface area contributed by atoms with E-state index in [2.05, 4.69) is 0 Å². The zero-order valence-electron chi connectivity index (χ0n) is 9.17. The van der Waals surface area contributed by atoms with Crippen molar-refractivity contribution in [1.29, 1.82) is 0 Å². The first kappa shape index (κ1) is 12.9. The van der Waals surface area contributed by atoms with Gasteiger partial charge in [0.1, 0.15) is 5.02 Å². The van der Waals surface area contributed by atoms with Crippen LogP contribution in [-0.2, 0) is 0 Å². The zero-order chi connectivity index (χ0) is 12.5. The monoisotopic (exact) mass is 247 g/mol. The fraction of sp³-hybridized carbons (Fsp3) is 0.400. The number of hydrogen-bond acceptors (Lipinski definition) is 4. The molecule has 5 N–H and O–H groups in total. The Morgan fingerprint density at radius 1 is 1.50 bits per heavy atom. The van der Waals surface area contributed by atoms with Gasteiger partial charge in [0, 0.05) is 13.6 Å². The van der Waals surface area contributed by atoms with Crippen molar-refractivity contribution in [1.82, 2.24) is 0 Å². The number of aliphatic hydroxyl groups is 1. The van der Waals surface area contributed by atoms with Gasteiger partial charge in [-0.05, 0) is 13.0 Å². The molecule has 0 radical (unpaired) electrons. The molecule has 0 bridgehead atoms. The number of benzene rings is 1. The first-order chi connectivity index (χ1) is 7.34. The lowest BCUT2D eigenvalue weighted by atomic mass is 10.2. The molecule has 0 aliphatic rings. The second kappa shape index (κ2) is 4.76. The molecule has 0 saturated heterocycles. The van der Waals surface area contributed by atoms with Crippen LogP contribution in [0.1, 0.15) is 6.92 Å². The molecule has 0 amide bonds. The van der Waals surface area contributed by atoms with Crippen molar-refractivity contribution in [2.24, 2.45) is 0 Å². The van der Waals surface area contributed by atoms with Crippen molar-refractivity contribution in [3.05, 3.63) is 16.9 Å². The largest absolute Gasteiger partial charge is 0.397 e. The normalized spacial score (nSPS) is 12.6. The van der Waals surface area contributed by atoms with Crippen molar-refractivity contribution < 1.29 is 9.50 Å². The van der Waals surface area contributed by atoms with E-state index >= 15 is 0 Å². The molecule has 1 aromatic carbocycles. The minimum Gasteiger partial charge on any atom is -0.397 e. The van der Waals surface area contributed by atoms with Gasteiger partial charge in [-0.15, -0.1) is 0 Å². The highest BCUT2D eigenvalue weighted by Crippen LogP contribution is 2.35. The average molecular weight is 248 g/mol. The van der Waals surface area contributed by atoms with Crippen LogP contribution in [0.15, 0.2) is 6.07 Å². The Morgan fingerprint density at radius 3 is 2.56 bits per heavy atom. The van der Waals surface area contributed by atoms with E-state index in [1.807, 2.05) is 0 Å². The number of hydrogen-bond donors (Lipinski definition) is 3. The van der Waals surface area contributed by atoms with E-state index in [9.17, 15) is 9.50 Å². The summed E-state index contributed by atoms with van der Waals surface area (Å²) in [6.45, 7) is 1.85. The molecule has 4 nitrogen and oxygen atoms in total. The standard InChI is InChI=1S/C10H15ClFN3O/c1-5(16)4-15(2)10-7(14)3-6(13)8(11)9(10)12/h3,5,16H,4,13-14H2,1-2H3. The Morgan fingerprint density at radius 2 is 2.06 bits per heavy atom. The summed E-state index contributed by atoms with van der Waals surface area (Å²) in [7, 11) is 1.62. The van der Waals surface area contributed by atoms with Gasteiger partial charge in [-0.2, -0.15) is 0 Å². The highest BCUT2D eigenvalue weighted by molar-refractivity contribution is 6.33. The van der Waals surface area contributed by atoms with Crippen LogP contribution in [0.2, 0.25) is 5.02 Å². The van der Waals surface area contributed by atoms with Gasteiger partial charge >= 0.3 is 0 Å². The van der Waals surface area contributed by atoms with E-state index in [1.165, 1.54) is 11.0 Å². The third kappa shape index (κ3) is 2.48. The van der Waals surface area contributed by atoms with Crippen LogP contribution in [0.5, 0.6) is 0 Å². The quantitative estimate of drug-likeness (QED) is 0.707. The van der Waals surface area contributed by atoms with Crippen molar-refractivity contribution in [2.75, 3.05) is 30.0 Å². The van der Waals surface area contributed by atoms with Gasteiger partial charge < -0.3 is 21.5 Å². The molecule has 16 heavy (non-hydrogen) atoms. The number of rotatable bonds is 3. The third-order valence-electron chi connectivity index (χ3n) is 2.16. The highest BCUT2D eigenvalue weighted by Gasteiger charge is 2.18. The van der Waals surface area contributed by atoms with Crippen molar-refractivity contribution in [3.63, 3.8) is 0 Å². The SMILES string of the molecule is CC(O)CN(C)c1c(N)cc(N)c(Cl)c1F. The van der Waals surface area contributed by atoms with Crippen LogP contribution in [0.25, 0.3) is 0 Å². The number of halogens is 2. The van der Waals surface area contributed by atoms with Crippen LogP contribution in [0, 0.1) is 5.82 Å². The Balaban J connectivity index is 3.18. The summed E-state index contributed by atoms with van der Waals surface area (Å²) < 4.78 is 13.8. The Bertz CT molecular complexity index is 398. The molecule has 1 rings (SSSR count). The Kier molecular flexibility index (Phi) is 3.83. The number of nitrogens with two attached hydrogens (primary N) is 2. The van der Waals surface area contributed by atoms with Gasteiger partial charge in [0.15, 0.2) is 5.82 Å². The summed E-state index contributed by atoms with van der Waals surface area (Å²) in [4.78, 5) is 1.50. The van der Waals surface area contributed by atoms with Crippen molar-refractivity contribution >= 4 is 28.7 Å². The lowest BCUT2D eigenvalue weighted by Crippen LogP contribution is -2.28. The second-order valence-electron chi connectivity index (χ2n) is 3.76. The summed E-state index contributed by atoms with van der Waals surface area (Å²) in [6.07, 6.45) is -0.597. The van der Waals surface area contributed by atoms with Crippen LogP contribution >= 0.6 is 11.6 Å². The molecule has 1 unspecified atom stereocenters. The van der Waals surface area contributed by atoms with E-state index in [0.717, 1.165) is 0 Å². The zero-order valence-corrected chi connectivity index (χ0v) is 9.92. The van der Waals surface area contributed by atoms with Crippen LogP contribution in [-0.4, -0.2) is 24.8 Å². The Hall–Kier alpha value is -1.20. The molecule has 0 spiro atoms. The smallest absolute Gasteiger partial charge is 0.169 e. The number of likely N-dealkylation sites (N-methyl/N-ethyl adjacent to an activating group) is 1. The van der Waals surface area contributed by atoms with Gasteiger partial charge in [0.2, 0.25) is 0 Å². The maximum absolute atomic E-state index is 13.8. The van der Waals surface area contributed by atoms with Crippen LogP contribution in [0.4, 0.5) is 21.5 Å². The van der Waals surface area contributed by atoms with Gasteiger partial charge in [0.25, 0.3) is 0 Å². The van der Waals surface area contributed by atoms with Gasteiger partial charge in [-0.1, -0.05) is 11.6 Å². The van der Waals surface area contributed by atoms with E-state index < -0.39 is 11.9 Å². The van der Waals surface area contributed by atoms with E-state index in [-0.39, 0.29) is 28.6 Å². The Labute approximate surface area is 98.6 Å². The number of aliphatic hydroxyl groups excluding tert-OH is 1. The van der Waals surface area contributed by atoms with Gasteiger partial charge in [0.05, 0.1) is 23.2 Å². The van der Waals surface area contributed by atoms with Crippen molar-refractivity contribution in [2.45, 2.75) is 13.0 Å². The molecule has 1 atom stereocenters. The number of nitrogens with zero attached hydrogens (tertiary/aromatic N) is 1. The van der Waals surface area contributed by atoms with E-state index in [0.29, 0.717) is 0 Å². The van der Waals surface area contributed by atoms with Gasteiger partial charge in [-0.25, -0.2) is 4.39 Å². The topological polar surface area (TPSA) is 75.5 Å². The van der Waals surface area contributed by atoms with Crippen LogP contribution in [0.3, 0.4) is 0 Å². The summed E-state index contributed by atoms with van der Waals surface area (Å²) in [5.41, 5.74) is 11.6.